The summed E-state index contributed by atoms with van der Waals surface area (Å²) in [7, 11) is -0.774. The predicted octanol–water partition coefficient (Wildman–Crippen LogP) is 3.10. The van der Waals surface area contributed by atoms with Crippen molar-refractivity contribution in [3.63, 3.8) is 0 Å². The molecule has 0 aliphatic carbocycles. The van der Waals surface area contributed by atoms with E-state index < -0.39 is 15.8 Å². The Hall–Kier alpha value is -3.33. The number of benzene rings is 2. The molecule has 152 valence electrons. The van der Waals surface area contributed by atoms with Crippen LogP contribution in [0.15, 0.2) is 53.4 Å². The van der Waals surface area contributed by atoms with E-state index in [0.29, 0.717) is 11.6 Å². The summed E-state index contributed by atoms with van der Waals surface area (Å²) in [6.07, 6.45) is 0. The Balaban J connectivity index is 1.89. The van der Waals surface area contributed by atoms with E-state index in [0.717, 1.165) is 33.5 Å². The molecule has 0 atom stereocenters. The molecule has 3 aromatic rings. The third kappa shape index (κ3) is 4.09. The van der Waals surface area contributed by atoms with E-state index in [2.05, 4.69) is 9.97 Å². The SMILES string of the molecule is Cc1cc(C)nc(N(C)c2ccc(N(C)S(=O)(=O)c3ccc(O)cc3O)cc2)n1. The van der Waals surface area contributed by atoms with Gasteiger partial charge in [0.25, 0.3) is 10.0 Å². The van der Waals surface area contributed by atoms with Crippen LogP contribution in [-0.4, -0.2) is 42.7 Å². The molecule has 0 amide bonds. The molecule has 0 saturated carbocycles. The third-order valence-electron chi connectivity index (χ3n) is 4.45. The van der Waals surface area contributed by atoms with Crippen molar-refractivity contribution in [1.82, 2.24) is 9.97 Å². The number of aryl methyl sites for hydroxylation is 2. The van der Waals surface area contributed by atoms with Gasteiger partial charge in [0.15, 0.2) is 0 Å². The first-order valence-electron chi connectivity index (χ1n) is 8.76. The van der Waals surface area contributed by atoms with E-state index in [-0.39, 0.29) is 10.6 Å². The van der Waals surface area contributed by atoms with E-state index in [1.165, 1.54) is 13.1 Å². The fourth-order valence-corrected chi connectivity index (χ4v) is 4.13. The second-order valence-corrected chi connectivity index (χ2v) is 8.59. The van der Waals surface area contributed by atoms with Crippen LogP contribution in [0.4, 0.5) is 17.3 Å². The lowest BCUT2D eigenvalue weighted by Gasteiger charge is -2.22. The highest BCUT2D eigenvalue weighted by molar-refractivity contribution is 7.92. The second kappa shape index (κ2) is 7.59. The van der Waals surface area contributed by atoms with Crippen molar-refractivity contribution >= 4 is 27.3 Å². The molecule has 0 spiro atoms. The first-order valence-corrected chi connectivity index (χ1v) is 10.2. The number of hydrogen-bond acceptors (Lipinski definition) is 7. The molecule has 9 heteroatoms. The summed E-state index contributed by atoms with van der Waals surface area (Å²) in [5, 5.41) is 19.3. The smallest absolute Gasteiger partial charge is 0.267 e. The molecule has 1 heterocycles. The number of aromatic nitrogens is 2. The van der Waals surface area contributed by atoms with Crippen LogP contribution in [0.5, 0.6) is 11.5 Å². The van der Waals surface area contributed by atoms with Crippen LogP contribution in [0.25, 0.3) is 0 Å². The van der Waals surface area contributed by atoms with Crippen LogP contribution in [0.1, 0.15) is 11.4 Å². The van der Waals surface area contributed by atoms with Crippen molar-refractivity contribution in [1.29, 1.82) is 0 Å². The molecule has 0 fully saturated rings. The topological polar surface area (TPSA) is 107 Å². The molecule has 2 aromatic carbocycles. The maximum Gasteiger partial charge on any atom is 0.267 e. The Morgan fingerprint density at radius 3 is 1.93 bits per heavy atom. The van der Waals surface area contributed by atoms with Crippen LogP contribution in [0.2, 0.25) is 0 Å². The Bertz CT molecular complexity index is 1130. The van der Waals surface area contributed by atoms with E-state index in [1.54, 1.807) is 24.3 Å². The maximum atomic E-state index is 12.8. The van der Waals surface area contributed by atoms with Gasteiger partial charge in [-0.25, -0.2) is 18.4 Å². The van der Waals surface area contributed by atoms with Gasteiger partial charge in [0.2, 0.25) is 5.95 Å². The lowest BCUT2D eigenvalue weighted by Crippen LogP contribution is -2.26. The molecule has 3 rings (SSSR count). The summed E-state index contributed by atoms with van der Waals surface area (Å²) < 4.78 is 26.7. The van der Waals surface area contributed by atoms with Crippen molar-refractivity contribution in [2.24, 2.45) is 0 Å². The third-order valence-corrected chi connectivity index (χ3v) is 6.28. The number of sulfonamides is 1. The molecule has 0 bridgehead atoms. The van der Waals surface area contributed by atoms with Crippen molar-refractivity contribution in [3.05, 3.63) is 59.9 Å². The number of anilines is 3. The van der Waals surface area contributed by atoms with E-state index >= 15 is 0 Å². The van der Waals surface area contributed by atoms with E-state index in [9.17, 15) is 18.6 Å². The first-order chi connectivity index (χ1) is 13.6. The van der Waals surface area contributed by atoms with Crippen molar-refractivity contribution in [2.45, 2.75) is 18.7 Å². The molecule has 0 unspecified atom stereocenters. The summed E-state index contributed by atoms with van der Waals surface area (Å²) in [5.74, 6) is -0.185. The Kier molecular flexibility index (Phi) is 5.34. The van der Waals surface area contributed by atoms with Gasteiger partial charge in [-0.05, 0) is 56.3 Å². The van der Waals surface area contributed by atoms with Gasteiger partial charge in [0, 0.05) is 37.2 Å². The zero-order valence-electron chi connectivity index (χ0n) is 16.5. The van der Waals surface area contributed by atoms with E-state index in [1.807, 2.05) is 31.9 Å². The molecule has 0 aliphatic heterocycles. The minimum atomic E-state index is -4.00. The lowest BCUT2D eigenvalue weighted by molar-refractivity contribution is 0.439. The largest absolute Gasteiger partial charge is 0.508 e. The van der Waals surface area contributed by atoms with Crippen molar-refractivity contribution in [3.8, 4) is 11.5 Å². The number of aromatic hydroxyl groups is 2. The summed E-state index contributed by atoms with van der Waals surface area (Å²) in [6, 6.07) is 12.1. The van der Waals surface area contributed by atoms with Gasteiger partial charge < -0.3 is 15.1 Å². The maximum absolute atomic E-state index is 12.8. The summed E-state index contributed by atoms with van der Waals surface area (Å²) >= 11 is 0. The summed E-state index contributed by atoms with van der Waals surface area (Å²) in [5.41, 5.74) is 2.92. The highest BCUT2D eigenvalue weighted by atomic mass is 32.2. The van der Waals surface area contributed by atoms with Gasteiger partial charge in [-0.2, -0.15) is 0 Å². The van der Waals surface area contributed by atoms with Crippen LogP contribution in [-0.2, 0) is 10.0 Å². The zero-order valence-corrected chi connectivity index (χ0v) is 17.3. The Labute approximate surface area is 169 Å². The predicted molar refractivity (Wildman–Crippen MR) is 111 cm³/mol. The van der Waals surface area contributed by atoms with Crippen molar-refractivity contribution < 1.29 is 18.6 Å². The number of phenols is 2. The zero-order chi connectivity index (χ0) is 21.3. The second-order valence-electron chi connectivity index (χ2n) is 6.65. The molecule has 0 saturated heterocycles. The average molecular weight is 414 g/mol. The molecule has 29 heavy (non-hydrogen) atoms. The molecule has 2 N–H and O–H groups in total. The number of phenolic OH excluding ortho intramolecular Hbond substituents is 2. The standard InChI is InChI=1S/C20H22N4O4S/c1-13-11-14(2)22-20(21-13)23(3)15-5-7-16(8-6-15)24(4)29(27,28)19-10-9-17(25)12-18(19)26/h5-12,25-26H,1-4H3. The molecule has 0 radical (unpaired) electrons. The quantitative estimate of drug-likeness (QED) is 0.661. The number of hydrogen-bond donors (Lipinski definition) is 2. The molecule has 1 aromatic heterocycles. The number of nitrogens with zero attached hydrogens (tertiary/aromatic N) is 4. The molecular weight excluding hydrogens is 392 g/mol. The van der Waals surface area contributed by atoms with Crippen LogP contribution >= 0.6 is 0 Å². The Morgan fingerprint density at radius 1 is 0.828 bits per heavy atom. The van der Waals surface area contributed by atoms with Gasteiger partial charge in [0.05, 0.1) is 5.69 Å². The summed E-state index contributed by atoms with van der Waals surface area (Å²) in [6.45, 7) is 3.79. The van der Waals surface area contributed by atoms with Crippen molar-refractivity contribution in [2.75, 3.05) is 23.3 Å². The van der Waals surface area contributed by atoms with E-state index in [4.69, 9.17) is 0 Å². The molecule has 8 nitrogen and oxygen atoms in total. The van der Waals surface area contributed by atoms with Gasteiger partial charge in [-0.1, -0.05) is 0 Å². The van der Waals surface area contributed by atoms with Gasteiger partial charge in [-0.15, -0.1) is 0 Å². The fourth-order valence-electron chi connectivity index (χ4n) is 2.87. The molecule has 0 aliphatic rings. The van der Waals surface area contributed by atoms with Gasteiger partial charge >= 0.3 is 0 Å². The highest BCUT2D eigenvalue weighted by Crippen LogP contribution is 2.32. The fraction of sp³-hybridized carbons (Fsp3) is 0.200. The number of rotatable bonds is 5. The van der Waals surface area contributed by atoms with Gasteiger partial charge in [-0.3, -0.25) is 4.31 Å². The Morgan fingerprint density at radius 2 is 1.38 bits per heavy atom. The van der Waals surface area contributed by atoms with Crippen LogP contribution in [0.3, 0.4) is 0 Å². The molecular formula is C20H22N4O4S. The minimum absolute atomic E-state index is 0.218. The monoisotopic (exact) mass is 414 g/mol. The van der Waals surface area contributed by atoms with Crippen LogP contribution < -0.4 is 9.21 Å². The van der Waals surface area contributed by atoms with Crippen LogP contribution in [0, 0.1) is 13.8 Å². The van der Waals surface area contributed by atoms with Gasteiger partial charge in [0.1, 0.15) is 16.4 Å². The highest BCUT2D eigenvalue weighted by Gasteiger charge is 2.25. The summed E-state index contributed by atoms with van der Waals surface area (Å²) in [4.78, 5) is 10.4. The minimum Gasteiger partial charge on any atom is -0.508 e. The normalized spacial score (nSPS) is 11.3. The average Bonchev–Trinajstić information content (AvgIpc) is 2.66. The lowest BCUT2D eigenvalue weighted by atomic mass is 10.2. The first kappa shape index (κ1) is 20.4.